The number of fused-ring (bicyclic) bond motifs is 12. The number of oxazole rings is 5. The number of hydrogen-bond donors (Lipinski definition) is 2. The van der Waals surface area contributed by atoms with E-state index in [9.17, 15) is 10.2 Å². The Hall–Kier alpha value is -5.14. The third-order valence-corrected chi connectivity index (χ3v) is 6.55. The van der Waals surface area contributed by atoms with Crippen LogP contribution in [-0.4, -0.2) is 40.8 Å². The van der Waals surface area contributed by atoms with Crippen LogP contribution in [-0.2, 0) is 0 Å². The molecule has 1 aliphatic heterocycles. The predicted octanol–water partition coefficient (Wildman–Crippen LogP) is 5.66. The van der Waals surface area contributed by atoms with Gasteiger partial charge in [0, 0.05) is 5.92 Å². The number of allylic oxidation sites excluding steroid dienone is 1. The Kier molecular flexibility index (Phi) is 7.33. The van der Waals surface area contributed by atoms with Gasteiger partial charge in [0.1, 0.15) is 66.3 Å². The van der Waals surface area contributed by atoms with Gasteiger partial charge in [0.15, 0.2) is 11.4 Å². The SMILES string of the molecule is C/C=C1\N=C(C(C)CC)c2coc(n2)/C=C/C(O)c2coc(n2)-c2coc(n2)-c2coc(n2)/C=C/C(O)c2coc1n2. The summed E-state index contributed by atoms with van der Waals surface area (Å²) in [5.74, 6) is 1.03. The molecule has 0 saturated carbocycles. The van der Waals surface area contributed by atoms with Gasteiger partial charge in [-0.25, -0.2) is 29.9 Å². The van der Waals surface area contributed by atoms with Gasteiger partial charge in [-0.2, -0.15) is 0 Å². The molecule has 13 nitrogen and oxygen atoms in total. The summed E-state index contributed by atoms with van der Waals surface area (Å²) in [6.45, 7) is 5.88. The maximum atomic E-state index is 10.7. The standard InChI is InChI=1S/C29H26N6O7/c1-4-15(3)26-19-12-38-24(30-19)8-6-23(37)18-11-41-29(34-18)21-14-42-28(35-21)20-13-39-25(31-20)9-7-22(36)17-10-40-27(33-17)16(5-2)32-26/h5-15,22-23,36-37H,4H2,1-3H3/b8-6+,9-7+,16-5-,32-26?. The lowest BCUT2D eigenvalue weighted by Crippen LogP contribution is -2.13. The second-order valence-corrected chi connectivity index (χ2v) is 9.42. The zero-order valence-electron chi connectivity index (χ0n) is 22.8. The van der Waals surface area contributed by atoms with Gasteiger partial charge in [0.05, 0.1) is 5.71 Å². The second kappa shape index (κ2) is 11.4. The molecule has 10 bridgehead atoms. The van der Waals surface area contributed by atoms with Crippen molar-refractivity contribution in [3.8, 4) is 23.2 Å². The van der Waals surface area contributed by atoms with E-state index < -0.39 is 12.2 Å². The minimum absolute atomic E-state index is 0.0188. The minimum Gasteiger partial charge on any atom is -0.444 e. The van der Waals surface area contributed by atoms with Gasteiger partial charge in [-0.3, -0.25) is 0 Å². The van der Waals surface area contributed by atoms with Crippen LogP contribution in [0.5, 0.6) is 0 Å². The monoisotopic (exact) mass is 570 g/mol. The molecule has 0 aliphatic carbocycles. The first-order valence-corrected chi connectivity index (χ1v) is 13.2. The molecule has 5 aromatic heterocycles. The van der Waals surface area contributed by atoms with Crippen molar-refractivity contribution in [3.63, 3.8) is 0 Å². The van der Waals surface area contributed by atoms with E-state index >= 15 is 0 Å². The van der Waals surface area contributed by atoms with Crippen molar-refractivity contribution in [2.45, 2.75) is 39.4 Å². The quantitative estimate of drug-likeness (QED) is 0.266. The molecule has 1 aliphatic rings. The van der Waals surface area contributed by atoms with Crippen LogP contribution in [0.3, 0.4) is 0 Å². The first-order chi connectivity index (χ1) is 20.4. The highest BCUT2D eigenvalue weighted by Gasteiger charge is 2.21. The highest BCUT2D eigenvalue weighted by molar-refractivity contribution is 6.03. The molecular weight excluding hydrogens is 544 g/mol. The summed E-state index contributed by atoms with van der Waals surface area (Å²) in [6, 6.07) is 0. The molecule has 6 rings (SSSR count). The maximum absolute atomic E-state index is 10.7. The highest BCUT2D eigenvalue weighted by atomic mass is 16.4. The van der Waals surface area contributed by atoms with Crippen molar-refractivity contribution in [1.82, 2.24) is 24.9 Å². The number of aliphatic imine (C=N–C) groups is 1. The normalized spacial score (nSPS) is 20.6. The first-order valence-electron chi connectivity index (χ1n) is 13.2. The molecule has 214 valence electrons. The lowest BCUT2D eigenvalue weighted by molar-refractivity contribution is 0.224. The summed E-state index contributed by atoms with van der Waals surface area (Å²) in [6.07, 6.45) is 13.2. The molecule has 6 heterocycles. The predicted molar refractivity (Wildman–Crippen MR) is 148 cm³/mol. The number of aliphatic hydroxyl groups is 2. The molecule has 0 amide bonds. The van der Waals surface area contributed by atoms with E-state index in [1.54, 1.807) is 6.08 Å². The zero-order chi connectivity index (χ0) is 29.2. The first kappa shape index (κ1) is 27.1. The van der Waals surface area contributed by atoms with Crippen LogP contribution in [0.2, 0.25) is 0 Å². The summed E-state index contributed by atoms with van der Waals surface area (Å²) in [5, 5.41) is 21.4. The van der Waals surface area contributed by atoms with E-state index in [0.29, 0.717) is 28.5 Å². The average molecular weight is 571 g/mol. The molecule has 2 N–H and O–H groups in total. The summed E-state index contributed by atoms with van der Waals surface area (Å²) in [7, 11) is 0. The largest absolute Gasteiger partial charge is 0.444 e. The zero-order valence-corrected chi connectivity index (χ0v) is 22.8. The number of aliphatic hydroxyl groups excluding tert-OH is 2. The van der Waals surface area contributed by atoms with Gasteiger partial charge in [-0.05, 0) is 37.6 Å². The van der Waals surface area contributed by atoms with E-state index in [-0.39, 0.29) is 46.8 Å². The molecule has 0 aromatic carbocycles. The molecule has 3 unspecified atom stereocenters. The van der Waals surface area contributed by atoms with Crippen molar-refractivity contribution >= 4 is 23.6 Å². The van der Waals surface area contributed by atoms with Crippen LogP contribution in [0.1, 0.15) is 74.2 Å². The van der Waals surface area contributed by atoms with Crippen molar-refractivity contribution < 1.29 is 32.3 Å². The highest BCUT2D eigenvalue weighted by Crippen LogP contribution is 2.27. The Labute approximate surface area is 238 Å². The number of nitrogens with zero attached hydrogens (tertiary/aromatic N) is 6. The summed E-state index contributed by atoms with van der Waals surface area (Å²) >= 11 is 0. The van der Waals surface area contributed by atoms with E-state index in [0.717, 1.165) is 6.42 Å². The van der Waals surface area contributed by atoms with Crippen LogP contribution in [0.4, 0.5) is 0 Å². The van der Waals surface area contributed by atoms with Gasteiger partial charge in [-0.1, -0.05) is 19.9 Å². The number of aromatic nitrogens is 5. The van der Waals surface area contributed by atoms with Crippen LogP contribution in [0.15, 0.2) is 76.6 Å². The van der Waals surface area contributed by atoms with Crippen molar-refractivity contribution in [2.24, 2.45) is 10.9 Å². The topological polar surface area (TPSA) is 183 Å². The van der Waals surface area contributed by atoms with Crippen LogP contribution in [0, 0.1) is 5.92 Å². The molecule has 3 atom stereocenters. The van der Waals surface area contributed by atoms with Gasteiger partial charge in [0.25, 0.3) is 0 Å². The third-order valence-electron chi connectivity index (χ3n) is 6.55. The smallest absolute Gasteiger partial charge is 0.249 e. The van der Waals surface area contributed by atoms with Gasteiger partial charge >= 0.3 is 0 Å². The molecule has 13 heteroatoms. The fourth-order valence-corrected chi connectivity index (χ4v) is 4.04. The number of hydrogen-bond acceptors (Lipinski definition) is 13. The molecular formula is C29H26N6O7. The summed E-state index contributed by atoms with van der Waals surface area (Å²) in [4.78, 5) is 26.8. The van der Waals surface area contributed by atoms with Crippen molar-refractivity contribution in [2.75, 3.05) is 0 Å². The van der Waals surface area contributed by atoms with Gasteiger partial charge in [-0.15, -0.1) is 0 Å². The Morgan fingerprint density at radius 2 is 1.24 bits per heavy atom. The fourth-order valence-electron chi connectivity index (χ4n) is 4.04. The van der Waals surface area contributed by atoms with E-state index in [1.165, 1.54) is 55.6 Å². The van der Waals surface area contributed by atoms with Crippen LogP contribution in [0.25, 0.3) is 41.0 Å². The molecule has 0 fully saturated rings. The maximum Gasteiger partial charge on any atom is 0.249 e. The van der Waals surface area contributed by atoms with Gasteiger partial charge < -0.3 is 32.3 Å². The van der Waals surface area contributed by atoms with E-state index in [1.807, 2.05) is 20.8 Å². The number of rotatable bonds is 2. The molecule has 0 saturated heterocycles. The summed E-state index contributed by atoms with van der Waals surface area (Å²) < 4.78 is 27.8. The fraction of sp³-hybridized carbons (Fsp3) is 0.241. The minimum atomic E-state index is -1.11. The Bertz CT molecular complexity index is 1810. The lowest BCUT2D eigenvalue weighted by Gasteiger charge is -2.10. The molecule has 0 radical (unpaired) electrons. The van der Waals surface area contributed by atoms with Gasteiger partial charge in [0.2, 0.25) is 29.5 Å². The average Bonchev–Trinajstić information content (AvgIpc) is 3.84. The Morgan fingerprint density at radius 3 is 1.90 bits per heavy atom. The van der Waals surface area contributed by atoms with Crippen molar-refractivity contribution in [3.05, 3.63) is 84.3 Å². The van der Waals surface area contributed by atoms with Crippen LogP contribution < -0.4 is 0 Å². The van der Waals surface area contributed by atoms with Crippen molar-refractivity contribution in [1.29, 1.82) is 0 Å². The Balaban J connectivity index is 1.41. The van der Waals surface area contributed by atoms with E-state index in [4.69, 9.17) is 27.1 Å². The molecule has 42 heavy (non-hydrogen) atoms. The summed E-state index contributed by atoms with van der Waals surface area (Å²) in [5.41, 5.74) is 2.80. The van der Waals surface area contributed by atoms with Crippen LogP contribution >= 0.6 is 0 Å². The second-order valence-electron chi connectivity index (χ2n) is 9.42. The molecule has 0 spiro atoms. The molecule has 5 aromatic rings. The Morgan fingerprint density at radius 1 is 0.714 bits per heavy atom. The van der Waals surface area contributed by atoms with E-state index in [2.05, 4.69) is 24.9 Å². The third kappa shape index (κ3) is 5.42. The lowest BCUT2D eigenvalue weighted by atomic mass is 10.0.